The third-order valence-electron chi connectivity index (χ3n) is 0.263. The quantitative estimate of drug-likeness (QED) is 0.415. The van der Waals surface area contributed by atoms with Gasteiger partial charge in [-0.05, 0) is 6.92 Å². The van der Waals surface area contributed by atoms with Gasteiger partial charge in [0.1, 0.15) is 0 Å². The van der Waals surface area contributed by atoms with Gasteiger partial charge in [0.25, 0.3) is 0 Å². The van der Waals surface area contributed by atoms with Crippen molar-refractivity contribution in [2.24, 2.45) is 11.5 Å². The summed E-state index contributed by atoms with van der Waals surface area (Å²) < 4.78 is 0. The Balaban J connectivity index is 3.14. The zero-order chi connectivity index (χ0) is 4.28. The van der Waals surface area contributed by atoms with Gasteiger partial charge in [-0.3, -0.25) is 0 Å². The van der Waals surface area contributed by atoms with Crippen LogP contribution in [0.3, 0.4) is 0 Å². The summed E-state index contributed by atoms with van der Waals surface area (Å²) in [4.78, 5) is 0. The fourth-order valence-electron chi connectivity index (χ4n) is 0. The van der Waals surface area contributed by atoms with Crippen LogP contribution >= 0.6 is 0 Å². The van der Waals surface area contributed by atoms with Gasteiger partial charge in [0.2, 0.25) is 0 Å². The van der Waals surface area contributed by atoms with Crippen molar-refractivity contribution in [2.75, 3.05) is 0 Å². The largest absolute Gasteiger partial charge is 0.403 e. The maximum absolute atomic E-state index is 5.03. The molecule has 0 radical (unpaired) electrons. The van der Waals surface area contributed by atoms with Crippen LogP contribution in [0.1, 0.15) is 6.92 Å². The first-order chi connectivity index (χ1) is 2.27. The van der Waals surface area contributed by atoms with E-state index in [1.165, 1.54) is 6.20 Å². The molecule has 0 aliphatic rings. The molecule has 4 N–H and O–H groups in total. The standard InChI is InChI=1S/C3H8N2/c1-3(5)2-4/h2H,4-5H2,1H3/b3-2-. The molecule has 0 amide bonds. The highest BCUT2D eigenvalue weighted by Gasteiger charge is 1.60. The molecule has 0 aliphatic carbocycles. The lowest BCUT2D eigenvalue weighted by atomic mass is 10.6. The van der Waals surface area contributed by atoms with E-state index in [0.717, 1.165) is 0 Å². The first-order valence-corrected chi connectivity index (χ1v) is 1.41. The van der Waals surface area contributed by atoms with Crippen molar-refractivity contribution in [1.29, 1.82) is 0 Å². The summed E-state index contributed by atoms with van der Waals surface area (Å²) in [5.41, 5.74) is 10.6. The molecule has 5 heavy (non-hydrogen) atoms. The Morgan fingerprint density at radius 3 is 2.00 bits per heavy atom. The van der Waals surface area contributed by atoms with Gasteiger partial charge in [0, 0.05) is 11.9 Å². The van der Waals surface area contributed by atoms with E-state index in [1.807, 2.05) is 0 Å². The molecule has 0 aromatic rings. The molecule has 2 nitrogen and oxygen atoms in total. The van der Waals surface area contributed by atoms with Gasteiger partial charge in [-0.15, -0.1) is 0 Å². The summed E-state index contributed by atoms with van der Waals surface area (Å²) in [6.45, 7) is 1.74. The van der Waals surface area contributed by atoms with Crippen LogP contribution in [0, 0.1) is 0 Å². The fourth-order valence-corrected chi connectivity index (χ4v) is 0. The minimum Gasteiger partial charge on any atom is -0.403 e. The smallest absolute Gasteiger partial charge is 0.0206 e. The van der Waals surface area contributed by atoms with Crippen molar-refractivity contribution in [2.45, 2.75) is 6.92 Å². The lowest BCUT2D eigenvalue weighted by Crippen LogP contribution is -1.93. The van der Waals surface area contributed by atoms with Crippen molar-refractivity contribution in [3.05, 3.63) is 11.9 Å². The lowest BCUT2D eigenvalue weighted by molar-refractivity contribution is 1.28. The normalized spacial score (nSPS) is 11.8. The minimum absolute atomic E-state index is 0.657. The van der Waals surface area contributed by atoms with E-state index < -0.39 is 0 Å². The monoisotopic (exact) mass is 72.1 g/mol. The Kier molecular flexibility index (Phi) is 1.42. The van der Waals surface area contributed by atoms with Crippen molar-refractivity contribution >= 4 is 0 Å². The molecule has 0 unspecified atom stereocenters. The molecule has 0 aromatic carbocycles. The molecule has 0 spiro atoms. The minimum atomic E-state index is 0.657. The molecule has 0 heterocycles. The zero-order valence-electron chi connectivity index (χ0n) is 3.23. The van der Waals surface area contributed by atoms with E-state index >= 15 is 0 Å². The van der Waals surface area contributed by atoms with E-state index in [1.54, 1.807) is 6.92 Å². The second kappa shape index (κ2) is 1.64. The summed E-state index contributed by atoms with van der Waals surface area (Å²) in [5, 5.41) is 0. The van der Waals surface area contributed by atoms with Crippen LogP contribution in [0.5, 0.6) is 0 Å². The SMILES string of the molecule is C/C(N)=C/N. The highest BCUT2D eigenvalue weighted by Crippen LogP contribution is 1.65. The molecule has 0 aliphatic heterocycles. The summed E-state index contributed by atoms with van der Waals surface area (Å²) in [5.74, 6) is 0. The van der Waals surface area contributed by atoms with E-state index in [0.29, 0.717) is 5.70 Å². The number of rotatable bonds is 0. The van der Waals surface area contributed by atoms with Gasteiger partial charge in [-0.2, -0.15) is 0 Å². The third kappa shape index (κ3) is 3.34. The average molecular weight is 72.1 g/mol. The molecule has 0 bridgehead atoms. The van der Waals surface area contributed by atoms with Crippen LogP contribution in [0.4, 0.5) is 0 Å². The zero-order valence-corrected chi connectivity index (χ0v) is 3.23. The van der Waals surface area contributed by atoms with Gasteiger partial charge in [0.05, 0.1) is 0 Å². The second-order valence-corrected chi connectivity index (χ2v) is 0.911. The van der Waals surface area contributed by atoms with Gasteiger partial charge >= 0.3 is 0 Å². The fraction of sp³-hybridized carbons (Fsp3) is 0.333. The number of allylic oxidation sites excluding steroid dienone is 1. The molecule has 2 heteroatoms. The lowest BCUT2D eigenvalue weighted by Gasteiger charge is -1.76. The van der Waals surface area contributed by atoms with E-state index in [4.69, 9.17) is 11.5 Å². The first-order valence-electron chi connectivity index (χ1n) is 1.41. The summed E-state index contributed by atoms with van der Waals surface area (Å²) in [6.07, 6.45) is 1.36. The summed E-state index contributed by atoms with van der Waals surface area (Å²) in [7, 11) is 0. The Morgan fingerprint density at radius 1 is 1.80 bits per heavy atom. The van der Waals surface area contributed by atoms with Crippen molar-refractivity contribution in [1.82, 2.24) is 0 Å². The topological polar surface area (TPSA) is 52.0 Å². The Labute approximate surface area is 31.5 Å². The Bertz CT molecular complexity index is 42.9. The molecular weight excluding hydrogens is 64.0 g/mol. The molecule has 0 aromatic heterocycles. The second-order valence-electron chi connectivity index (χ2n) is 0.911. The number of nitrogens with two attached hydrogens (primary N) is 2. The summed E-state index contributed by atoms with van der Waals surface area (Å²) >= 11 is 0. The highest BCUT2D eigenvalue weighted by atomic mass is 14.6. The highest BCUT2D eigenvalue weighted by molar-refractivity contribution is 4.85. The third-order valence-corrected chi connectivity index (χ3v) is 0.263. The van der Waals surface area contributed by atoms with Crippen molar-refractivity contribution in [3.8, 4) is 0 Å². The van der Waals surface area contributed by atoms with Gasteiger partial charge < -0.3 is 11.5 Å². The molecule has 0 rings (SSSR count). The van der Waals surface area contributed by atoms with E-state index in [2.05, 4.69) is 0 Å². The van der Waals surface area contributed by atoms with Crippen LogP contribution in [0.25, 0.3) is 0 Å². The Morgan fingerprint density at radius 2 is 2.00 bits per heavy atom. The van der Waals surface area contributed by atoms with Gasteiger partial charge in [-0.25, -0.2) is 0 Å². The molecule has 0 saturated heterocycles. The molecule has 0 saturated carbocycles. The molecule has 0 atom stereocenters. The number of hydrogen-bond acceptors (Lipinski definition) is 2. The van der Waals surface area contributed by atoms with Crippen molar-refractivity contribution < 1.29 is 0 Å². The molecular formula is C3H8N2. The van der Waals surface area contributed by atoms with Gasteiger partial charge in [-0.1, -0.05) is 0 Å². The number of hydrogen-bond donors (Lipinski definition) is 2. The van der Waals surface area contributed by atoms with Crippen LogP contribution < -0.4 is 11.5 Å². The maximum atomic E-state index is 5.03. The van der Waals surface area contributed by atoms with Crippen molar-refractivity contribution in [3.63, 3.8) is 0 Å². The van der Waals surface area contributed by atoms with Crippen LogP contribution in [0.2, 0.25) is 0 Å². The maximum Gasteiger partial charge on any atom is 0.0206 e. The van der Waals surface area contributed by atoms with Gasteiger partial charge in [0.15, 0.2) is 0 Å². The first kappa shape index (κ1) is 4.34. The Hall–Kier alpha value is -0.660. The predicted octanol–water partition coefficient (Wildman–Crippen LogP) is -0.235. The predicted molar refractivity (Wildman–Crippen MR) is 22.1 cm³/mol. The van der Waals surface area contributed by atoms with E-state index in [9.17, 15) is 0 Å². The average Bonchev–Trinajstić information content (AvgIpc) is 1.38. The van der Waals surface area contributed by atoms with Crippen LogP contribution in [-0.2, 0) is 0 Å². The molecule has 30 valence electrons. The van der Waals surface area contributed by atoms with Crippen LogP contribution in [-0.4, -0.2) is 0 Å². The van der Waals surface area contributed by atoms with E-state index in [-0.39, 0.29) is 0 Å². The van der Waals surface area contributed by atoms with Crippen LogP contribution in [0.15, 0.2) is 11.9 Å². The summed E-state index contributed by atoms with van der Waals surface area (Å²) in [6, 6.07) is 0. The molecule has 0 fully saturated rings.